The first-order chi connectivity index (χ1) is 14.2. The van der Waals surface area contributed by atoms with Gasteiger partial charge in [0.1, 0.15) is 24.4 Å². The molecule has 8 heteroatoms. The number of nitrogens with zero attached hydrogens (tertiary/aromatic N) is 3. The van der Waals surface area contributed by atoms with E-state index in [-0.39, 0.29) is 5.56 Å². The van der Waals surface area contributed by atoms with Crippen LogP contribution in [0.2, 0.25) is 5.02 Å². The molecule has 0 N–H and O–H groups in total. The number of hydrogen-bond acceptors (Lipinski definition) is 6. The highest BCUT2D eigenvalue weighted by Crippen LogP contribution is 2.32. The summed E-state index contributed by atoms with van der Waals surface area (Å²) in [4.78, 5) is 18.1. The molecule has 0 saturated carbocycles. The van der Waals surface area contributed by atoms with E-state index in [1.54, 1.807) is 18.3 Å². The number of thiophene rings is 1. The van der Waals surface area contributed by atoms with Crippen LogP contribution in [0.3, 0.4) is 0 Å². The van der Waals surface area contributed by atoms with Crippen LogP contribution in [0, 0.1) is 0 Å². The zero-order valence-electron chi connectivity index (χ0n) is 15.0. The minimum atomic E-state index is -0.227. The van der Waals surface area contributed by atoms with Gasteiger partial charge in [-0.15, -0.1) is 11.3 Å². The lowest BCUT2D eigenvalue weighted by Crippen LogP contribution is -2.17. The molecule has 0 saturated heterocycles. The third-order valence-corrected chi connectivity index (χ3v) is 5.67. The highest BCUT2D eigenvalue weighted by molar-refractivity contribution is 7.17. The number of fused-ring (bicyclic) bond motifs is 2. The monoisotopic (exact) mass is 423 g/mol. The number of hydrogen-bond donors (Lipinski definition) is 0. The standard InChI is InChI=1S/C21H14ClN3O3S/c22-15-4-2-14(3-5-15)16-11-29-20-19(16)21(26)25(12-23-20)24-10-13-1-6-17-18(9-13)28-8-7-27-17/h1-6,9-12H,7-8H2. The molecule has 0 bridgehead atoms. The van der Waals surface area contributed by atoms with Gasteiger partial charge in [0.2, 0.25) is 0 Å². The van der Waals surface area contributed by atoms with Gasteiger partial charge in [-0.3, -0.25) is 4.79 Å². The van der Waals surface area contributed by atoms with Crippen LogP contribution in [0.15, 0.2) is 64.1 Å². The fourth-order valence-corrected chi connectivity index (χ4v) is 4.15. The second kappa shape index (κ2) is 7.35. The maximum absolute atomic E-state index is 13.0. The Hall–Kier alpha value is -3.16. The molecule has 0 radical (unpaired) electrons. The molecule has 0 atom stereocenters. The Balaban J connectivity index is 1.53. The topological polar surface area (TPSA) is 65.7 Å². The van der Waals surface area contributed by atoms with E-state index >= 15 is 0 Å². The van der Waals surface area contributed by atoms with E-state index < -0.39 is 0 Å². The third kappa shape index (κ3) is 3.39. The second-order valence-electron chi connectivity index (χ2n) is 6.38. The zero-order chi connectivity index (χ0) is 19.8. The van der Waals surface area contributed by atoms with Gasteiger partial charge in [0, 0.05) is 16.0 Å². The van der Waals surface area contributed by atoms with Crippen LogP contribution >= 0.6 is 22.9 Å². The van der Waals surface area contributed by atoms with Crippen molar-refractivity contribution in [3.8, 4) is 22.6 Å². The fraction of sp³-hybridized carbons (Fsp3) is 0.0952. The third-order valence-electron chi connectivity index (χ3n) is 4.53. The lowest BCUT2D eigenvalue weighted by Gasteiger charge is -2.18. The summed E-state index contributed by atoms with van der Waals surface area (Å²) in [5.74, 6) is 1.38. The molecule has 5 rings (SSSR count). The first-order valence-corrected chi connectivity index (χ1v) is 10.1. The van der Waals surface area contributed by atoms with E-state index in [1.807, 2.05) is 35.7 Å². The van der Waals surface area contributed by atoms with Gasteiger partial charge in [0.25, 0.3) is 5.56 Å². The lowest BCUT2D eigenvalue weighted by atomic mass is 10.1. The van der Waals surface area contributed by atoms with Crippen LogP contribution in [0.4, 0.5) is 0 Å². The maximum Gasteiger partial charge on any atom is 0.283 e. The summed E-state index contributed by atoms with van der Waals surface area (Å²) in [5, 5.41) is 7.42. The molecule has 0 aliphatic carbocycles. The quantitative estimate of drug-likeness (QED) is 0.457. The van der Waals surface area contributed by atoms with Crippen molar-refractivity contribution < 1.29 is 9.47 Å². The average Bonchev–Trinajstić information content (AvgIpc) is 3.19. The van der Waals surface area contributed by atoms with Gasteiger partial charge < -0.3 is 9.47 Å². The van der Waals surface area contributed by atoms with Crippen molar-refractivity contribution in [1.29, 1.82) is 0 Å². The normalized spacial score (nSPS) is 13.3. The van der Waals surface area contributed by atoms with E-state index in [0.29, 0.717) is 40.0 Å². The van der Waals surface area contributed by atoms with E-state index in [9.17, 15) is 4.79 Å². The Kier molecular flexibility index (Phi) is 4.54. The van der Waals surface area contributed by atoms with Crippen molar-refractivity contribution in [2.24, 2.45) is 5.10 Å². The van der Waals surface area contributed by atoms with Crippen molar-refractivity contribution in [2.45, 2.75) is 0 Å². The summed E-state index contributed by atoms with van der Waals surface area (Å²) in [6.45, 7) is 1.05. The van der Waals surface area contributed by atoms with Crippen molar-refractivity contribution >= 4 is 39.4 Å². The Bertz CT molecular complexity index is 1300. The van der Waals surface area contributed by atoms with Gasteiger partial charge >= 0.3 is 0 Å². The molecule has 0 spiro atoms. The molecule has 2 aromatic heterocycles. The van der Waals surface area contributed by atoms with E-state index in [4.69, 9.17) is 21.1 Å². The van der Waals surface area contributed by atoms with Gasteiger partial charge in [-0.05, 0) is 41.5 Å². The van der Waals surface area contributed by atoms with Crippen LogP contribution in [-0.2, 0) is 0 Å². The van der Waals surface area contributed by atoms with E-state index in [0.717, 1.165) is 16.7 Å². The fourth-order valence-electron chi connectivity index (χ4n) is 3.12. The Morgan fingerprint density at radius 1 is 1.10 bits per heavy atom. The molecule has 0 fully saturated rings. The maximum atomic E-state index is 13.0. The van der Waals surface area contributed by atoms with E-state index in [2.05, 4.69) is 10.1 Å². The minimum absolute atomic E-state index is 0.227. The zero-order valence-corrected chi connectivity index (χ0v) is 16.6. The molecule has 3 heterocycles. The smallest absolute Gasteiger partial charge is 0.283 e. The molecule has 6 nitrogen and oxygen atoms in total. The Morgan fingerprint density at radius 2 is 1.90 bits per heavy atom. The lowest BCUT2D eigenvalue weighted by molar-refractivity contribution is 0.171. The molecule has 1 aliphatic rings. The highest BCUT2D eigenvalue weighted by Gasteiger charge is 2.14. The van der Waals surface area contributed by atoms with Crippen molar-refractivity contribution in [3.05, 3.63) is 75.1 Å². The molecule has 2 aromatic carbocycles. The number of aromatic nitrogens is 2. The molecule has 29 heavy (non-hydrogen) atoms. The summed E-state index contributed by atoms with van der Waals surface area (Å²) < 4.78 is 12.3. The van der Waals surface area contributed by atoms with Crippen molar-refractivity contribution in [2.75, 3.05) is 13.2 Å². The van der Waals surface area contributed by atoms with E-state index in [1.165, 1.54) is 22.3 Å². The summed E-state index contributed by atoms with van der Waals surface area (Å²) in [6, 6.07) is 12.9. The molecule has 144 valence electrons. The second-order valence-corrected chi connectivity index (χ2v) is 7.67. The molecule has 1 aliphatic heterocycles. The van der Waals surface area contributed by atoms with Crippen LogP contribution in [-0.4, -0.2) is 29.1 Å². The first kappa shape index (κ1) is 17.9. The predicted octanol–water partition coefficient (Wildman–Crippen LogP) is 4.43. The Labute approximate surface area is 174 Å². The summed E-state index contributed by atoms with van der Waals surface area (Å²) in [6.07, 6.45) is 3.03. The van der Waals surface area contributed by atoms with Gasteiger partial charge in [-0.25, -0.2) is 4.98 Å². The van der Waals surface area contributed by atoms with Crippen molar-refractivity contribution in [1.82, 2.24) is 9.66 Å². The van der Waals surface area contributed by atoms with Gasteiger partial charge in [0.05, 0.1) is 11.6 Å². The summed E-state index contributed by atoms with van der Waals surface area (Å²) >= 11 is 7.41. The first-order valence-electron chi connectivity index (χ1n) is 8.88. The van der Waals surface area contributed by atoms with Crippen LogP contribution in [0.25, 0.3) is 21.3 Å². The van der Waals surface area contributed by atoms with Crippen LogP contribution < -0.4 is 15.0 Å². The molecule has 0 unspecified atom stereocenters. The van der Waals surface area contributed by atoms with Crippen molar-refractivity contribution in [3.63, 3.8) is 0 Å². The number of rotatable bonds is 3. The van der Waals surface area contributed by atoms with Gasteiger partial charge in [-0.1, -0.05) is 23.7 Å². The van der Waals surface area contributed by atoms with Gasteiger partial charge in [0.15, 0.2) is 11.5 Å². The predicted molar refractivity (Wildman–Crippen MR) is 115 cm³/mol. The minimum Gasteiger partial charge on any atom is -0.486 e. The molecule has 0 amide bonds. The van der Waals surface area contributed by atoms with Crippen LogP contribution in [0.1, 0.15) is 5.56 Å². The summed E-state index contributed by atoms with van der Waals surface area (Å²) in [5.41, 5.74) is 2.30. The number of halogens is 1. The molecule has 4 aromatic rings. The number of benzene rings is 2. The molecular formula is C21H14ClN3O3S. The Morgan fingerprint density at radius 3 is 2.72 bits per heavy atom. The average molecular weight is 424 g/mol. The summed E-state index contributed by atoms with van der Waals surface area (Å²) in [7, 11) is 0. The SMILES string of the molecule is O=c1c2c(-c3ccc(Cl)cc3)csc2ncn1N=Cc1ccc2c(c1)OCCO2. The largest absolute Gasteiger partial charge is 0.486 e. The number of ether oxygens (including phenoxy) is 2. The highest BCUT2D eigenvalue weighted by atomic mass is 35.5. The molecular weight excluding hydrogens is 410 g/mol. The van der Waals surface area contributed by atoms with Gasteiger partial charge in [-0.2, -0.15) is 9.78 Å². The van der Waals surface area contributed by atoms with Crippen LogP contribution in [0.5, 0.6) is 11.5 Å².